The van der Waals surface area contributed by atoms with Gasteiger partial charge in [-0.25, -0.2) is 0 Å². The molecule has 0 bridgehead atoms. The number of amides is 2. The monoisotopic (exact) mass is 586 g/mol. The van der Waals surface area contributed by atoms with E-state index in [9.17, 15) is 9.59 Å². The molecule has 4 aliphatic rings. The molecule has 3 saturated heterocycles. The first-order chi connectivity index (χ1) is 18.8. The molecule has 0 aromatic heterocycles. The number of piperazine rings is 1. The first-order valence-corrected chi connectivity index (χ1v) is 16.4. The van der Waals surface area contributed by atoms with Crippen molar-refractivity contribution >= 4 is 23.9 Å². The van der Waals surface area contributed by atoms with E-state index in [1.54, 1.807) is 11.2 Å². The maximum atomic E-state index is 13.2. The third kappa shape index (κ3) is 9.56. The topological polar surface area (TPSA) is 94.6 Å². The van der Waals surface area contributed by atoms with Crippen molar-refractivity contribution in [3.8, 4) is 0 Å². The molecule has 3 atom stereocenters. The van der Waals surface area contributed by atoms with Crippen LogP contribution < -0.4 is 5.32 Å². The lowest BCUT2D eigenvalue weighted by molar-refractivity contribution is -0.325. The fourth-order valence-electron chi connectivity index (χ4n) is 6.56. The van der Waals surface area contributed by atoms with E-state index in [0.717, 1.165) is 50.6 Å². The number of nitrogens with one attached hydrogen (secondary N) is 1. The van der Waals surface area contributed by atoms with Crippen LogP contribution in [0.1, 0.15) is 80.1 Å². The lowest BCUT2D eigenvalue weighted by atomic mass is 9.81. The molecule has 0 aromatic carbocycles. The molecule has 234 valence electrons. The third-order valence-corrected chi connectivity index (χ3v) is 8.34. The van der Waals surface area contributed by atoms with Gasteiger partial charge in [0.2, 0.25) is 11.8 Å². The highest BCUT2D eigenvalue weighted by Crippen LogP contribution is 2.47. The zero-order valence-corrected chi connectivity index (χ0v) is 27.5. The van der Waals surface area contributed by atoms with Crippen molar-refractivity contribution in [2.75, 3.05) is 59.7 Å². The zero-order valence-electron chi connectivity index (χ0n) is 26.7. The van der Waals surface area contributed by atoms with Crippen LogP contribution in [0.4, 0.5) is 0 Å². The summed E-state index contributed by atoms with van der Waals surface area (Å²) in [7, 11) is 4.31. The fraction of sp³-hybridized carbons (Fsp3) is 0.933. The van der Waals surface area contributed by atoms with Gasteiger partial charge in [-0.3, -0.25) is 9.59 Å². The van der Waals surface area contributed by atoms with Crippen LogP contribution in [-0.2, 0) is 19.1 Å². The van der Waals surface area contributed by atoms with Gasteiger partial charge in [0.1, 0.15) is 0 Å². The van der Waals surface area contributed by atoms with Gasteiger partial charge >= 0.3 is 0 Å². The van der Waals surface area contributed by atoms with Crippen LogP contribution in [0, 0.1) is 17.3 Å². The molecule has 4 fully saturated rings. The Morgan fingerprint density at radius 1 is 1.15 bits per heavy atom. The Morgan fingerprint density at radius 2 is 1.75 bits per heavy atom. The van der Waals surface area contributed by atoms with Crippen LogP contribution in [0.15, 0.2) is 0 Å². The molecule has 1 aliphatic carbocycles. The van der Waals surface area contributed by atoms with Crippen LogP contribution >= 0.6 is 12.0 Å². The number of carbonyl (C=O) groups is 2. The molecule has 3 heterocycles. The van der Waals surface area contributed by atoms with E-state index >= 15 is 0 Å². The van der Waals surface area contributed by atoms with Gasteiger partial charge in [0.25, 0.3) is 0 Å². The summed E-state index contributed by atoms with van der Waals surface area (Å²) in [5.74, 6) is 0.785. The summed E-state index contributed by atoms with van der Waals surface area (Å²) in [5, 5.41) is 3.31. The van der Waals surface area contributed by atoms with E-state index in [0.29, 0.717) is 37.9 Å². The molecule has 0 aromatic rings. The SMILES string of the molecule is CC(C)C.CC(C)CC1NCCN(CC(=O)N2CCC3(CC2C)OCC2(CCCC2N(C)C)CO3)C1=O.CSO. The number of piperidine rings is 1. The molecule has 2 N–H and O–H groups in total. The molecule has 2 amide bonds. The molecule has 1 saturated carbocycles. The van der Waals surface area contributed by atoms with Gasteiger partial charge in [0, 0.05) is 56.2 Å². The summed E-state index contributed by atoms with van der Waals surface area (Å²) in [6.07, 6.45) is 7.36. The maximum Gasteiger partial charge on any atom is 0.242 e. The average Bonchev–Trinajstić information content (AvgIpc) is 3.27. The van der Waals surface area contributed by atoms with Crippen molar-refractivity contribution in [2.24, 2.45) is 17.3 Å². The van der Waals surface area contributed by atoms with E-state index in [4.69, 9.17) is 14.0 Å². The van der Waals surface area contributed by atoms with E-state index in [2.05, 4.69) is 65.9 Å². The second-order valence-corrected chi connectivity index (χ2v) is 13.8. The van der Waals surface area contributed by atoms with Gasteiger partial charge in [0.15, 0.2) is 5.79 Å². The van der Waals surface area contributed by atoms with Gasteiger partial charge in [-0.1, -0.05) is 41.0 Å². The highest BCUT2D eigenvalue weighted by atomic mass is 32.2. The second kappa shape index (κ2) is 16.1. The maximum absolute atomic E-state index is 13.2. The predicted octanol–water partition coefficient (Wildman–Crippen LogP) is 4.17. The first-order valence-electron chi connectivity index (χ1n) is 15.2. The van der Waals surface area contributed by atoms with E-state index in [1.807, 2.05) is 4.90 Å². The minimum absolute atomic E-state index is 0.0259. The van der Waals surface area contributed by atoms with Gasteiger partial charge in [-0.15, -0.1) is 0 Å². The summed E-state index contributed by atoms with van der Waals surface area (Å²) in [6, 6.07) is 0.356. The number of hydrogen-bond acceptors (Lipinski definition) is 8. The molecule has 3 unspecified atom stereocenters. The van der Waals surface area contributed by atoms with E-state index < -0.39 is 5.79 Å². The highest BCUT2D eigenvalue weighted by molar-refractivity contribution is 7.93. The Kier molecular flexibility index (Phi) is 14.2. The molecule has 0 radical (unpaired) electrons. The molecule has 9 nitrogen and oxygen atoms in total. The predicted molar refractivity (Wildman–Crippen MR) is 163 cm³/mol. The van der Waals surface area contributed by atoms with Crippen LogP contribution in [-0.4, -0.2) is 115 Å². The van der Waals surface area contributed by atoms with Crippen LogP contribution in [0.3, 0.4) is 0 Å². The van der Waals surface area contributed by atoms with Gasteiger partial charge in [-0.05, 0) is 64.2 Å². The number of carbonyl (C=O) groups excluding carboxylic acids is 2. The van der Waals surface area contributed by atoms with Crippen molar-refractivity contribution in [1.29, 1.82) is 0 Å². The molecule has 10 heteroatoms. The number of rotatable bonds is 5. The lowest BCUT2D eigenvalue weighted by Crippen LogP contribution is -2.62. The summed E-state index contributed by atoms with van der Waals surface area (Å²) in [6.45, 7) is 16.4. The summed E-state index contributed by atoms with van der Waals surface area (Å²) in [5.41, 5.74) is 0.0973. The van der Waals surface area contributed by atoms with Crippen molar-refractivity contribution in [3.05, 3.63) is 0 Å². The summed E-state index contributed by atoms with van der Waals surface area (Å²) >= 11 is 0.750. The minimum atomic E-state index is -0.575. The molecular weight excluding hydrogens is 528 g/mol. The Hall–Kier alpha value is -0.910. The molecule has 3 aliphatic heterocycles. The van der Waals surface area contributed by atoms with E-state index in [-0.39, 0.29) is 35.9 Å². The standard InChI is InChI=1S/C25H44N4O4.C4H10.CH4OS/c1-18(2)13-20-23(31)28(12-10-26-20)15-22(30)29-11-9-25(14-19(29)3)32-16-24(17-33-25)8-6-7-21(24)27(4)5;1-4(2)3;1-3-2/h18-21,26H,6-17H2,1-5H3;4H,1-3H3;2H,1H3. The molecule has 2 spiro atoms. The zero-order chi connectivity index (χ0) is 30.1. The van der Waals surface area contributed by atoms with E-state index in [1.165, 1.54) is 12.8 Å². The van der Waals surface area contributed by atoms with Crippen molar-refractivity contribution in [3.63, 3.8) is 0 Å². The Balaban J connectivity index is 0.000000722. The normalized spacial score (nSPS) is 32.4. The number of ether oxygens (including phenoxy) is 2. The quantitative estimate of drug-likeness (QED) is 0.464. The Labute approximate surface area is 248 Å². The molecular formula is C30H58N4O5S. The van der Waals surface area contributed by atoms with Crippen LogP contribution in [0.25, 0.3) is 0 Å². The second-order valence-electron chi connectivity index (χ2n) is 13.4. The van der Waals surface area contributed by atoms with Crippen LogP contribution in [0.2, 0.25) is 0 Å². The van der Waals surface area contributed by atoms with Crippen molar-refractivity contribution in [2.45, 2.75) is 104 Å². The highest BCUT2D eigenvalue weighted by Gasteiger charge is 2.53. The molecule has 4 rings (SSSR count). The van der Waals surface area contributed by atoms with Gasteiger partial charge in [0.05, 0.1) is 25.8 Å². The Morgan fingerprint density at radius 3 is 2.27 bits per heavy atom. The Bertz CT molecular complexity index is 785. The number of likely N-dealkylation sites (tertiary alicyclic amines) is 1. The number of hydrogen-bond donors (Lipinski definition) is 2. The minimum Gasteiger partial charge on any atom is -0.349 e. The fourth-order valence-corrected chi connectivity index (χ4v) is 6.56. The van der Waals surface area contributed by atoms with Gasteiger partial charge < -0.3 is 34.0 Å². The smallest absolute Gasteiger partial charge is 0.242 e. The van der Waals surface area contributed by atoms with Crippen LogP contribution in [0.5, 0.6) is 0 Å². The lowest BCUT2D eigenvalue weighted by Gasteiger charge is -2.52. The summed E-state index contributed by atoms with van der Waals surface area (Å²) in [4.78, 5) is 32.0. The molecule has 40 heavy (non-hydrogen) atoms. The third-order valence-electron chi connectivity index (χ3n) is 8.34. The largest absolute Gasteiger partial charge is 0.349 e. The number of nitrogens with zero attached hydrogens (tertiary/aromatic N) is 3. The average molecular weight is 587 g/mol. The van der Waals surface area contributed by atoms with Crippen molar-refractivity contribution in [1.82, 2.24) is 20.0 Å². The van der Waals surface area contributed by atoms with Gasteiger partial charge in [-0.2, -0.15) is 0 Å². The first kappa shape index (κ1) is 35.3. The summed E-state index contributed by atoms with van der Waals surface area (Å²) < 4.78 is 20.4. The van der Waals surface area contributed by atoms with Crippen molar-refractivity contribution < 1.29 is 23.6 Å².